The second kappa shape index (κ2) is 6.85. The first-order valence-corrected chi connectivity index (χ1v) is 7.57. The molecular formula is C16H15N3OS. The molecule has 0 aliphatic carbocycles. The number of pyridine rings is 1. The highest BCUT2D eigenvalue weighted by atomic mass is 32.1. The Morgan fingerprint density at radius 2 is 2.00 bits per heavy atom. The van der Waals surface area contributed by atoms with Crippen LogP contribution in [0.15, 0.2) is 60.2 Å². The first kappa shape index (κ1) is 13.6. The maximum absolute atomic E-state index is 5.57. The summed E-state index contributed by atoms with van der Waals surface area (Å²) >= 11 is 1.60. The Balaban J connectivity index is 1.49. The van der Waals surface area contributed by atoms with Gasteiger partial charge in [0, 0.05) is 17.1 Å². The minimum atomic E-state index is 0.575. The third-order valence-electron chi connectivity index (χ3n) is 2.86. The zero-order valence-corrected chi connectivity index (χ0v) is 12.2. The van der Waals surface area contributed by atoms with Gasteiger partial charge in [0.2, 0.25) is 0 Å². The standard InChI is InChI=1S/C16H15N3OS/c1-2-5-13(6-3-1)15-12-21-16(19-15)18-9-10-20-14-7-4-8-17-11-14/h1-8,11-12H,9-10H2,(H,18,19). The van der Waals surface area contributed by atoms with Crippen molar-refractivity contribution in [3.05, 3.63) is 60.2 Å². The molecule has 0 amide bonds. The van der Waals surface area contributed by atoms with Crippen LogP contribution in [0.1, 0.15) is 0 Å². The average molecular weight is 297 g/mol. The Kier molecular flexibility index (Phi) is 4.43. The zero-order valence-electron chi connectivity index (χ0n) is 11.4. The molecular weight excluding hydrogens is 282 g/mol. The van der Waals surface area contributed by atoms with E-state index in [2.05, 4.69) is 32.8 Å². The number of hydrogen-bond donors (Lipinski definition) is 1. The second-order valence-corrected chi connectivity index (χ2v) is 5.23. The summed E-state index contributed by atoms with van der Waals surface area (Å²) in [7, 11) is 0. The summed E-state index contributed by atoms with van der Waals surface area (Å²) < 4.78 is 5.57. The molecule has 0 fully saturated rings. The topological polar surface area (TPSA) is 47.0 Å². The average Bonchev–Trinajstić information content (AvgIpc) is 3.02. The molecule has 3 aromatic rings. The van der Waals surface area contributed by atoms with Crippen LogP contribution in [0.4, 0.5) is 5.13 Å². The van der Waals surface area contributed by atoms with E-state index in [4.69, 9.17) is 4.74 Å². The van der Waals surface area contributed by atoms with Gasteiger partial charge in [-0.1, -0.05) is 30.3 Å². The molecule has 1 aromatic carbocycles. The summed E-state index contributed by atoms with van der Waals surface area (Å²) in [6, 6.07) is 13.9. The summed E-state index contributed by atoms with van der Waals surface area (Å²) in [5.74, 6) is 0.781. The van der Waals surface area contributed by atoms with Crippen LogP contribution >= 0.6 is 11.3 Å². The smallest absolute Gasteiger partial charge is 0.183 e. The normalized spacial score (nSPS) is 10.3. The fourth-order valence-electron chi connectivity index (χ4n) is 1.86. The lowest BCUT2D eigenvalue weighted by Gasteiger charge is -2.05. The van der Waals surface area contributed by atoms with E-state index in [1.165, 1.54) is 0 Å². The molecule has 106 valence electrons. The second-order valence-electron chi connectivity index (χ2n) is 4.37. The molecule has 0 saturated carbocycles. The van der Waals surface area contributed by atoms with E-state index < -0.39 is 0 Å². The number of benzene rings is 1. The van der Waals surface area contributed by atoms with E-state index in [1.54, 1.807) is 23.7 Å². The van der Waals surface area contributed by atoms with Gasteiger partial charge in [-0.25, -0.2) is 4.98 Å². The van der Waals surface area contributed by atoms with Crippen LogP contribution in [0.25, 0.3) is 11.3 Å². The maximum Gasteiger partial charge on any atom is 0.183 e. The van der Waals surface area contributed by atoms with Crippen molar-refractivity contribution in [3.8, 4) is 17.0 Å². The summed E-state index contributed by atoms with van der Waals surface area (Å²) in [6.07, 6.45) is 3.43. The van der Waals surface area contributed by atoms with Gasteiger partial charge in [0.15, 0.2) is 5.13 Å². The lowest BCUT2D eigenvalue weighted by Crippen LogP contribution is -2.11. The Morgan fingerprint density at radius 1 is 1.10 bits per heavy atom. The van der Waals surface area contributed by atoms with Crippen LogP contribution in [0.2, 0.25) is 0 Å². The lowest BCUT2D eigenvalue weighted by atomic mass is 10.2. The van der Waals surface area contributed by atoms with Crippen molar-refractivity contribution in [2.24, 2.45) is 0 Å². The van der Waals surface area contributed by atoms with Crippen molar-refractivity contribution < 1.29 is 4.74 Å². The van der Waals surface area contributed by atoms with E-state index in [-0.39, 0.29) is 0 Å². The predicted molar refractivity (Wildman–Crippen MR) is 85.8 cm³/mol. The molecule has 0 bridgehead atoms. The van der Waals surface area contributed by atoms with Crippen molar-refractivity contribution in [2.45, 2.75) is 0 Å². The molecule has 0 spiro atoms. The van der Waals surface area contributed by atoms with Gasteiger partial charge in [0.25, 0.3) is 0 Å². The summed E-state index contributed by atoms with van der Waals surface area (Å²) in [5.41, 5.74) is 2.13. The number of nitrogens with zero attached hydrogens (tertiary/aromatic N) is 2. The van der Waals surface area contributed by atoms with Gasteiger partial charge < -0.3 is 10.1 Å². The SMILES string of the molecule is c1ccc(-c2csc(NCCOc3cccnc3)n2)cc1. The van der Waals surface area contributed by atoms with Crippen LogP contribution in [0.5, 0.6) is 5.75 Å². The van der Waals surface area contributed by atoms with Crippen molar-refractivity contribution in [2.75, 3.05) is 18.5 Å². The van der Waals surface area contributed by atoms with Gasteiger partial charge >= 0.3 is 0 Å². The predicted octanol–water partition coefficient (Wildman–Crippen LogP) is 3.70. The molecule has 0 unspecified atom stereocenters. The molecule has 2 aromatic heterocycles. The van der Waals surface area contributed by atoms with Crippen molar-refractivity contribution >= 4 is 16.5 Å². The fourth-order valence-corrected chi connectivity index (χ4v) is 2.60. The Labute approximate surface area is 127 Å². The minimum Gasteiger partial charge on any atom is -0.490 e. The lowest BCUT2D eigenvalue weighted by molar-refractivity contribution is 0.331. The fraction of sp³-hybridized carbons (Fsp3) is 0.125. The molecule has 2 heterocycles. The maximum atomic E-state index is 5.57. The number of rotatable bonds is 6. The molecule has 21 heavy (non-hydrogen) atoms. The van der Waals surface area contributed by atoms with Crippen LogP contribution in [0, 0.1) is 0 Å². The van der Waals surface area contributed by atoms with Gasteiger partial charge in [-0.05, 0) is 12.1 Å². The Hall–Kier alpha value is -2.40. The largest absolute Gasteiger partial charge is 0.490 e. The van der Waals surface area contributed by atoms with E-state index in [9.17, 15) is 0 Å². The van der Waals surface area contributed by atoms with Gasteiger partial charge in [-0.3, -0.25) is 4.98 Å². The number of anilines is 1. The Bertz CT molecular complexity index is 670. The van der Waals surface area contributed by atoms with Crippen LogP contribution in [0.3, 0.4) is 0 Å². The summed E-state index contributed by atoms with van der Waals surface area (Å²) in [5, 5.41) is 6.23. The van der Waals surface area contributed by atoms with Crippen LogP contribution < -0.4 is 10.1 Å². The van der Waals surface area contributed by atoms with Crippen molar-refractivity contribution in [1.82, 2.24) is 9.97 Å². The first-order chi connectivity index (χ1) is 10.4. The van der Waals surface area contributed by atoms with Gasteiger partial charge in [-0.2, -0.15) is 0 Å². The minimum absolute atomic E-state index is 0.575. The molecule has 0 aliphatic heterocycles. The third kappa shape index (κ3) is 3.79. The van der Waals surface area contributed by atoms with Crippen LogP contribution in [-0.4, -0.2) is 23.1 Å². The van der Waals surface area contributed by atoms with E-state index in [0.717, 1.165) is 22.1 Å². The monoisotopic (exact) mass is 297 g/mol. The summed E-state index contributed by atoms with van der Waals surface area (Å²) in [4.78, 5) is 8.57. The molecule has 0 aliphatic rings. The highest BCUT2D eigenvalue weighted by molar-refractivity contribution is 7.14. The third-order valence-corrected chi connectivity index (χ3v) is 3.66. The van der Waals surface area contributed by atoms with Crippen LogP contribution in [-0.2, 0) is 0 Å². The molecule has 3 rings (SSSR count). The first-order valence-electron chi connectivity index (χ1n) is 6.69. The number of aromatic nitrogens is 2. The highest BCUT2D eigenvalue weighted by Gasteiger charge is 2.03. The van der Waals surface area contributed by atoms with Gasteiger partial charge in [0.05, 0.1) is 18.4 Å². The number of ether oxygens (including phenoxy) is 1. The number of nitrogens with one attached hydrogen (secondary N) is 1. The molecule has 0 atom stereocenters. The quantitative estimate of drug-likeness (QED) is 0.705. The zero-order chi connectivity index (χ0) is 14.3. The number of hydrogen-bond acceptors (Lipinski definition) is 5. The molecule has 4 nitrogen and oxygen atoms in total. The number of thiazole rings is 1. The molecule has 1 N–H and O–H groups in total. The van der Waals surface area contributed by atoms with Gasteiger partial charge in [-0.15, -0.1) is 11.3 Å². The van der Waals surface area contributed by atoms with E-state index >= 15 is 0 Å². The van der Waals surface area contributed by atoms with E-state index in [0.29, 0.717) is 13.2 Å². The molecule has 5 heteroatoms. The molecule has 0 radical (unpaired) electrons. The van der Waals surface area contributed by atoms with E-state index in [1.807, 2.05) is 30.3 Å². The van der Waals surface area contributed by atoms with Crippen molar-refractivity contribution in [1.29, 1.82) is 0 Å². The van der Waals surface area contributed by atoms with Gasteiger partial charge in [0.1, 0.15) is 12.4 Å². The molecule has 0 saturated heterocycles. The summed E-state index contributed by atoms with van der Waals surface area (Å²) in [6.45, 7) is 1.28. The Morgan fingerprint density at radius 3 is 2.81 bits per heavy atom. The highest BCUT2D eigenvalue weighted by Crippen LogP contribution is 2.24. The van der Waals surface area contributed by atoms with Crippen molar-refractivity contribution in [3.63, 3.8) is 0 Å².